The molecule has 27 heavy (non-hydrogen) atoms. The van der Waals surface area contributed by atoms with Crippen LogP contribution in [0.4, 0.5) is 5.69 Å². The van der Waals surface area contributed by atoms with Gasteiger partial charge in [-0.25, -0.2) is 9.97 Å². The number of pyridine rings is 1. The van der Waals surface area contributed by atoms with Gasteiger partial charge in [0.05, 0.1) is 18.2 Å². The second kappa shape index (κ2) is 7.19. The molecule has 0 aliphatic heterocycles. The number of hydrogen-bond donors (Lipinski definition) is 1. The molecule has 0 bridgehead atoms. The standard InChI is InChI=1S/C20H20N4O3/c1-27-17-9-5-4-8-16(17)22-18(25)11-24-12-21-19-14(20(24)26)10-13-6-2-3-7-15(13)23-19/h4-5,8-10,12H,2-3,6-7,11H2,1H3,(H,22,25). The Bertz CT molecular complexity index is 1070. The van der Waals surface area contributed by atoms with Crippen molar-refractivity contribution in [1.29, 1.82) is 0 Å². The third-order valence-corrected chi connectivity index (χ3v) is 4.79. The van der Waals surface area contributed by atoms with Crippen LogP contribution in [0.2, 0.25) is 0 Å². The van der Waals surface area contributed by atoms with Crippen LogP contribution in [-0.2, 0) is 24.2 Å². The van der Waals surface area contributed by atoms with E-state index in [9.17, 15) is 9.59 Å². The van der Waals surface area contributed by atoms with Crippen LogP contribution in [0.15, 0.2) is 41.5 Å². The monoisotopic (exact) mass is 364 g/mol. The Labute approximate surface area is 156 Å². The largest absolute Gasteiger partial charge is 0.495 e. The van der Waals surface area contributed by atoms with E-state index in [2.05, 4.69) is 15.3 Å². The molecule has 0 saturated heterocycles. The number of carbonyl (C=O) groups excluding carboxylic acids is 1. The van der Waals surface area contributed by atoms with Crippen LogP contribution >= 0.6 is 0 Å². The first-order chi connectivity index (χ1) is 13.2. The van der Waals surface area contributed by atoms with E-state index >= 15 is 0 Å². The first-order valence-corrected chi connectivity index (χ1v) is 8.96. The molecule has 138 valence electrons. The number of amides is 1. The molecule has 0 atom stereocenters. The molecule has 7 nitrogen and oxygen atoms in total. The van der Waals surface area contributed by atoms with Gasteiger partial charge in [-0.15, -0.1) is 0 Å². The summed E-state index contributed by atoms with van der Waals surface area (Å²) in [4.78, 5) is 34.0. The molecule has 2 heterocycles. The fraction of sp³-hybridized carbons (Fsp3) is 0.300. The van der Waals surface area contributed by atoms with Crippen LogP contribution in [0.25, 0.3) is 11.0 Å². The number of benzene rings is 1. The minimum atomic E-state index is -0.325. The van der Waals surface area contributed by atoms with Crippen LogP contribution in [0.1, 0.15) is 24.1 Å². The minimum Gasteiger partial charge on any atom is -0.495 e. The molecule has 1 amide bonds. The average molecular weight is 364 g/mol. The zero-order chi connectivity index (χ0) is 18.8. The Morgan fingerprint density at radius 3 is 2.93 bits per heavy atom. The van der Waals surface area contributed by atoms with Gasteiger partial charge < -0.3 is 10.1 Å². The van der Waals surface area contributed by atoms with Crippen LogP contribution in [0.5, 0.6) is 5.75 Å². The normalized spacial score (nSPS) is 13.2. The molecule has 0 unspecified atom stereocenters. The molecule has 0 fully saturated rings. The molecule has 0 radical (unpaired) electrons. The average Bonchev–Trinajstić information content (AvgIpc) is 2.69. The lowest BCUT2D eigenvalue weighted by atomic mass is 9.95. The predicted octanol–water partition coefficient (Wildman–Crippen LogP) is 2.32. The zero-order valence-electron chi connectivity index (χ0n) is 15.1. The Morgan fingerprint density at radius 1 is 1.26 bits per heavy atom. The van der Waals surface area contributed by atoms with Gasteiger partial charge in [-0.1, -0.05) is 12.1 Å². The predicted molar refractivity (Wildman–Crippen MR) is 102 cm³/mol. The molecule has 1 aliphatic rings. The second-order valence-corrected chi connectivity index (χ2v) is 6.60. The smallest absolute Gasteiger partial charge is 0.263 e. The summed E-state index contributed by atoms with van der Waals surface area (Å²) in [6.45, 7) is -0.128. The van der Waals surface area contributed by atoms with E-state index < -0.39 is 0 Å². The Balaban J connectivity index is 1.61. The maximum absolute atomic E-state index is 12.8. The van der Waals surface area contributed by atoms with Crippen molar-refractivity contribution in [1.82, 2.24) is 14.5 Å². The molecular weight excluding hydrogens is 344 g/mol. The van der Waals surface area contributed by atoms with Gasteiger partial charge in [-0.05, 0) is 49.4 Å². The summed E-state index contributed by atoms with van der Waals surface area (Å²) in [7, 11) is 1.54. The van der Waals surface area contributed by atoms with E-state index in [-0.39, 0.29) is 18.0 Å². The van der Waals surface area contributed by atoms with E-state index in [0.29, 0.717) is 22.5 Å². The number of anilines is 1. The summed E-state index contributed by atoms with van der Waals surface area (Å²) in [6.07, 6.45) is 5.47. The molecule has 7 heteroatoms. The van der Waals surface area contributed by atoms with E-state index in [1.807, 2.05) is 12.1 Å². The summed E-state index contributed by atoms with van der Waals surface area (Å²) in [5.74, 6) is 0.235. The van der Waals surface area contributed by atoms with Gasteiger partial charge >= 0.3 is 0 Å². The number of methoxy groups -OCH3 is 1. The quantitative estimate of drug-likeness (QED) is 0.768. The molecule has 0 spiro atoms. The highest BCUT2D eigenvalue weighted by Gasteiger charge is 2.16. The first kappa shape index (κ1) is 17.2. The van der Waals surface area contributed by atoms with Crippen molar-refractivity contribution in [2.75, 3.05) is 12.4 Å². The van der Waals surface area contributed by atoms with E-state index in [1.54, 1.807) is 18.2 Å². The number of para-hydroxylation sites is 2. The summed E-state index contributed by atoms with van der Waals surface area (Å²) in [5.41, 5.74) is 2.90. The van der Waals surface area contributed by atoms with Crippen LogP contribution < -0.4 is 15.6 Å². The molecule has 1 aromatic carbocycles. The second-order valence-electron chi connectivity index (χ2n) is 6.60. The number of hydrogen-bond acceptors (Lipinski definition) is 5. The lowest BCUT2D eigenvalue weighted by Crippen LogP contribution is -2.28. The van der Waals surface area contributed by atoms with Crippen LogP contribution in [0.3, 0.4) is 0 Å². The molecule has 4 rings (SSSR count). The fourth-order valence-electron chi connectivity index (χ4n) is 3.42. The molecule has 0 saturated carbocycles. The van der Waals surface area contributed by atoms with Crippen molar-refractivity contribution in [2.45, 2.75) is 32.2 Å². The van der Waals surface area contributed by atoms with Gasteiger partial charge in [0.2, 0.25) is 5.91 Å². The topological polar surface area (TPSA) is 86.1 Å². The molecular formula is C20H20N4O3. The van der Waals surface area contributed by atoms with Crippen LogP contribution in [-0.4, -0.2) is 27.6 Å². The number of aryl methyl sites for hydroxylation is 2. The molecule has 1 aliphatic carbocycles. The fourth-order valence-corrected chi connectivity index (χ4v) is 3.42. The van der Waals surface area contributed by atoms with Crippen LogP contribution in [0, 0.1) is 0 Å². The van der Waals surface area contributed by atoms with E-state index in [0.717, 1.165) is 36.9 Å². The van der Waals surface area contributed by atoms with Gasteiger partial charge in [0.15, 0.2) is 5.65 Å². The van der Waals surface area contributed by atoms with Crippen molar-refractivity contribution in [3.8, 4) is 5.75 Å². The highest BCUT2D eigenvalue weighted by molar-refractivity contribution is 5.92. The third kappa shape index (κ3) is 3.40. The Hall–Kier alpha value is -3.22. The summed E-state index contributed by atoms with van der Waals surface area (Å²) in [6, 6.07) is 9.01. The van der Waals surface area contributed by atoms with Gasteiger partial charge in [0, 0.05) is 5.69 Å². The molecule has 1 N–H and O–H groups in total. The number of fused-ring (bicyclic) bond motifs is 2. The summed E-state index contributed by atoms with van der Waals surface area (Å²) in [5, 5.41) is 3.23. The number of ether oxygens (including phenoxy) is 1. The maximum Gasteiger partial charge on any atom is 0.263 e. The van der Waals surface area contributed by atoms with E-state index in [1.165, 1.54) is 18.0 Å². The molecule has 2 aromatic heterocycles. The Kier molecular flexibility index (Phi) is 4.58. The maximum atomic E-state index is 12.8. The van der Waals surface area contributed by atoms with Crippen molar-refractivity contribution < 1.29 is 9.53 Å². The third-order valence-electron chi connectivity index (χ3n) is 4.79. The van der Waals surface area contributed by atoms with Gasteiger partial charge in [-0.3, -0.25) is 14.2 Å². The van der Waals surface area contributed by atoms with Gasteiger partial charge in [-0.2, -0.15) is 0 Å². The van der Waals surface area contributed by atoms with Crippen molar-refractivity contribution in [3.63, 3.8) is 0 Å². The molecule has 3 aromatic rings. The van der Waals surface area contributed by atoms with E-state index in [4.69, 9.17) is 4.74 Å². The lowest BCUT2D eigenvalue weighted by Gasteiger charge is -2.15. The highest BCUT2D eigenvalue weighted by Crippen LogP contribution is 2.23. The number of nitrogens with zero attached hydrogens (tertiary/aromatic N) is 3. The zero-order valence-corrected chi connectivity index (χ0v) is 15.1. The first-order valence-electron chi connectivity index (χ1n) is 8.96. The highest BCUT2D eigenvalue weighted by atomic mass is 16.5. The minimum absolute atomic E-state index is 0.128. The van der Waals surface area contributed by atoms with Gasteiger partial charge in [0.25, 0.3) is 5.56 Å². The number of aromatic nitrogens is 3. The van der Waals surface area contributed by atoms with Crippen molar-refractivity contribution in [2.24, 2.45) is 0 Å². The summed E-state index contributed by atoms with van der Waals surface area (Å²) >= 11 is 0. The van der Waals surface area contributed by atoms with Crippen molar-refractivity contribution in [3.05, 3.63) is 58.3 Å². The Morgan fingerprint density at radius 2 is 2.07 bits per heavy atom. The number of nitrogens with one attached hydrogen (secondary N) is 1. The number of rotatable bonds is 4. The van der Waals surface area contributed by atoms with Gasteiger partial charge in [0.1, 0.15) is 18.6 Å². The summed E-state index contributed by atoms with van der Waals surface area (Å²) < 4.78 is 6.54. The van der Waals surface area contributed by atoms with Crippen molar-refractivity contribution >= 4 is 22.6 Å². The SMILES string of the molecule is COc1ccccc1NC(=O)Cn1cnc2nc3c(cc2c1=O)CCCC3. The number of carbonyl (C=O) groups is 1. The lowest BCUT2D eigenvalue weighted by molar-refractivity contribution is -0.116.